The van der Waals surface area contributed by atoms with E-state index < -0.39 is 0 Å². The topological polar surface area (TPSA) is 59.4 Å². The van der Waals surface area contributed by atoms with Gasteiger partial charge in [0, 0.05) is 43.9 Å². The van der Waals surface area contributed by atoms with E-state index in [4.69, 9.17) is 9.84 Å². The highest BCUT2D eigenvalue weighted by atomic mass is 35.5. The van der Waals surface area contributed by atoms with E-state index in [1.807, 2.05) is 30.8 Å². The Hall–Kier alpha value is -1.89. The molecule has 7 heteroatoms. The summed E-state index contributed by atoms with van der Waals surface area (Å²) >= 11 is 0. The van der Waals surface area contributed by atoms with E-state index in [1.165, 1.54) is 5.56 Å². The Labute approximate surface area is 167 Å². The van der Waals surface area contributed by atoms with Crippen LogP contribution in [0.3, 0.4) is 0 Å². The van der Waals surface area contributed by atoms with E-state index in [0.29, 0.717) is 19.6 Å². The molecular formula is C20H29ClN4O2. The zero-order valence-corrected chi connectivity index (χ0v) is 17.3. The van der Waals surface area contributed by atoms with Crippen molar-refractivity contribution in [3.8, 4) is 5.69 Å². The van der Waals surface area contributed by atoms with Crippen molar-refractivity contribution in [2.24, 2.45) is 0 Å². The predicted molar refractivity (Wildman–Crippen MR) is 109 cm³/mol. The van der Waals surface area contributed by atoms with Gasteiger partial charge >= 0.3 is 0 Å². The smallest absolute Gasteiger partial charge is 0.224 e. The molecule has 27 heavy (non-hydrogen) atoms. The number of amides is 1. The van der Waals surface area contributed by atoms with Gasteiger partial charge in [-0.05, 0) is 32.4 Å². The first-order valence-electron chi connectivity index (χ1n) is 9.13. The highest BCUT2D eigenvalue weighted by molar-refractivity contribution is 5.85. The molecule has 1 aliphatic rings. The van der Waals surface area contributed by atoms with Gasteiger partial charge in [-0.15, -0.1) is 12.4 Å². The van der Waals surface area contributed by atoms with E-state index in [1.54, 1.807) is 4.90 Å². The summed E-state index contributed by atoms with van der Waals surface area (Å²) in [7, 11) is 1.86. The Morgan fingerprint density at radius 1 is 1.33 bits per heavy atom. The second-order valence-electron chi connectivity index (χ2n) is 7.03. The number of aryl methyl sites for hydroxylation is 2. The lowest BCUT2D eigenvalue weighted by molar-refractivity contribution is -0.131. The van der Waals surface area contributed by atoms with Crippen molar-refractivity contribution >= 4 is 18.3 Å². The minimum Gasteiger partial charge on any atom is -0.378 e. The quantitative estimate of drug-likeness (QED) is 0.849. The molecule has 1 aliphatic heterocycles. The molecule has 1 aromatic heterocycles. The predicted octanol–water partition coefficient (Wildman–Crippen LogP) is 2.56. The van der Waals surface area contributed by atoms with Crippen LogP contribution in [-0.4, -0.2) is 53.4 Å². The number of hydrogen-bond donors (Lipinski definition) is 1. The maximum atomic E-state index is 12.6. The van der Waals surface area contributed by atoms with Crippen molar-refractivity contribution in [3.63, 3.8) is 0 Å². The zero-order chi connectivity index (χ0) is 18.7. The average Bonchev–Trinajstić information content (AvgIpc) is 2.91. The molecule has 1 aromatic carbocycles. The molecule has 148 valence electrons. The van der Waals surface area contributed by atoms with Crippen LogP contribution >= 0.6 is 12.4 Å². The van der Waals surface area contributed by atoms with Gasteiger partial charge in [0.05, 0.1) is 24.6 Å². The van der Waals surface area contributed by atoms with Gasteiger partial charge in [0.25, 0.3) is 0 Å². The molecule has 1 saturated heterocycles. The summed E-state index contributed by atoms with van der Waals surface area (Å²) in [6.07, 6.45) is 0.459. The fourth-order valence-corrected chi connectivity index (χ4v) is 3.38. The van der Waals surface area contributed by atoms with Gasteiger partial charge < -0.3 is 15.0 Å². The summed E-state index contributed by atoms with van der Waals surface area (Å²) in [5, 5.41) is 8.05. The Morgan fingerprint density at radius 3 is 2.74 bits per heavy atom. The number of para-hydroxylation sites is 1. The third-order valence-corrected chi connectivity index (χ3v) is 5.03. The van der Waals surface area contributed by atoms with Crippen LogP contribution in [0.1, 0.15) is 28.9 Å². The average molecular weight is 393 g/mol. The molecular weight excluding hydrogens is 364 g/mol. The SMILES string of the molecule is Cc1ccccc1-n1nc(C)c(CN(C)C(=O)CC2COCCN2)c1C.Cl. The van der Waals surface area contributed by atoms with Gasteiger partial charge in [0.2, 0.25) is 5.91 Å². The lowest BCUT2D eigenvalue weighted by atomic mass is 10.1. The van der Waals surface area contributed by atoms with Crippen LogP contribution in [0, 0.1) is 20.8 Å². The molecule has 1 atom stereocenters. The minimum absolute atomic E-state index is 0. The Morgan fingerprint density at radius 2 is 2.07 bits per heavy atom. The first-order valence-corrected chi connectivity index (χ1v) is 9.13. The number of nitrogens with one attached hydrogen (secondary N) is 1. The van der Waals surface area contributed by atoms with Crippen LogP contribution in [0.4, 0.5) is 0 Å². The lowest BCUT2D eigenvalue weighted by Gasteiger charge is -2.25. The van der Waals surface area contributed by atoms with Gasteiger partial charge in [0.15, 0.2) is 0 Å². The van der Waals surface area contributed by atoms with Gasteiger partial charge in [-0.2, -0.15) is 5.10 Å². The largest absolute Gasteiger partial charge is 0.378 e. The van der Waals surface area contributed by atoms with Crippen molar-refractivity contribution in [2.45, 2.75) is 39.8 Å². The number of rotatable bonds is 5. The molecule has 0 spiro atoms. The molecule has 0 aliphatic carbocycles. The minimum atomic E-state index is 0. The number of aromatic nitrogens is 2. The van der Waals surface area contributed by atoms with Crippen LogP contribution in [0.5, 0.6) is 0 Å². The normalized spacial score (nSPS) is 16.7. The Balaban J connectivity index is 0.00000261. The van der Waals surface area contributed by atoms with Crippen LogP contribution in [0.25, 0.3) is 5.69 Å². The molecule has 1 amide bonds. The third kappa shape index (κ3) is 4.89. The van der Waals surface area contributed by atoms with Gasteiger partial charge in [0.1, 0.15) is 0 Å². The molecule has 2 aromatic rings. The van der Waals surface area contributed by atoms with E-state index in [0.717, 1.165) is 35.8 Å². The lowest BCUT2D eigenvalue weighted by Crippen LogP contribution is -2.44. The van der Waals surface area contributed by atoms with E-state index in [9.17, 15) is 4.79 Å². The molecule has 6 nitrogen and oxygen atoms in total. The van der Waals surface area contributed by atoms with Crippen molar-refractivity contribution < 1.29 is 9.53 Å². The highest BCUT2D eigenvalue weighted by Crippen LogP contribution is 2.21. The van der Waals surface area contributed by atoms with Gasteiger partial charge in [-0.1, -0.05) is 18.2 Å². The first kappa shape index (κ1) is 21.4. The summed E-state index contributed by atoms with van der Waals surface area (Å²) in [4.78, 5) is 14.4. The Bertz CT molecular complexity index is 784. The first-order chi connectivity index (χ1) is 12.5. The molecule has 0 saturated carbocycles. The highest BCUT2D eigenvalue weighted by Gasteiger charge is 2.21. The third-order valence-electron chi connectivity index (χ3n) is 5.03. The molecule has 1 fully saturated rings. The number of hydrogen-bond acceptors (Lipinski definition) is 4. The van der Waals surface area contributed by atoms with E-state index >= 15 is 0 Å². The summed E-state index contributed by atoms with van der Waals surface area (Å²) in [5.74, 6) is 0.121. The van der Waals surface area contributed by atoms with Gasteiger partial charge in [-0.25, -0.2) is 4.68 Å². The van der Waals surface area contributed by atoms with Crippen LogP contribution in [0.15, 0.2) is 24.3 Å². The van der Waals surface area contributed by atoms with Crippen molar-refractivity contribution in [2.75, 3.05) is 26.8 Å². The fraction of sp³-hybridized carbons (Fsp3) is 0.500. The second-order valence-corrected chi connectivity index (χ2v) is 7.03. The molecule has 0 bridgehead atoms. The number of benzene rings is 1. The number of ether oxygens (including phenoxy) is 1. The summed E-state index contributed by atoms with van der Waals surface area (Å²) in [6.45, 7) is 8.85. The number of halogens is 1. The number of morpholine rings is 1. The van der Waals surface area contributed by atoms with Crippen molar-refractivity contribution in [3.05, 3.63) is 46.8 Å². The summed E-state index contributed by atoms with van der Waals surface area (Å²) in [5.41, 5.74) is 5.41. The Kier molecular flexibility index (Phi) is 7.41. The van der Waals surface area contributed by atoms with Gasteiger partial charge in [-0.3, -0.25) is 4.79 Å². The van der Waals surface area contributed by atoms with Crippen LogP contribution in [-0.2, 0) is 16.1 Å². The summed E-state index contributed by atoms with van der Waals surface area (Å²) in [6, 6.07) is 8.31. The molecule has 1 unspecified atom stereocenters. The van der Waals surface area contributed by atoms with Crippen molar-refractivity contribution in [1.29, 1.82) is 0 Å². The summed E-state index contributed by atoms with van der Waals surface area (Å²) < 4.78 is 7.42. The molecule has 1 N–H and O–H groups in total. The molecule has 2 heterocycles. The van der Waals surface area contributed by atoms with Crippen LogP contribution in [0.2, 0.25) is 0 Å². The number of nitrogens with zero attached hydrogens (tertiary/aromatic N) is 3. The standard InChI is InChI=1S/C20H28N4O2.ClH/c1-14-7-5-6-8-19(14)24-16(3)18(15(2)22-24)12-23(4)20(25)11-17-13-26-10-9-21-17;/h5-8,17,21H,9-13H2,1-4H3;1H. The van der Waals surface area contributed by atoms with Crippen LogP contribution < -0.4 is 5.32 Å². The second kappa shape index (κ2) is 9.35. The zero-order valence-electron chi connectivity index (χ0n) is 16.5. The van der Waals surface area contributed by atoms with Crippen molar-refractivity contribution in [1.82, 2.24) is 20.0 Å². The monoisotopic (exact) mass is 392 g/mol. The van der Waals surface area contributed by atoms with E-state index in [-0.39, 0.29) is 24.4 Å². The fourth-order valence-electron chi connectivity index (χ4n) is 3.38. The number of carbonyl (C=O) groups is 1. The molecule has 0 radical (unpaired) electrons. The number of carbonyl (C=O) groups excluding carboxylic acids is 1. The van der Waals surface area contributed by atoms with E-state index in [2.05, 4.69) is 31.3 Å². The molecule has 3 rings (SSSR count). The maximum absolute atomic E-state index is 12.6. The maximum Gasteiger partial charge on any atom is 0.224 e.